The second-order valence-corrected chi connectivity index (χ2v) is 10.3. The molecule has 2 N–H and O–H groups in total. The molecule has 2 aromatic carbocycles. The number of sulfonamides is 1. The zero-order valence-electron chi connectivity index (χ0n) is 18.5. The van der Waals surface area contributed by atoms with Crippen LogP contribution in [0.15, 0.2) is 70.3 Å². The zero-order chi connectivity index (χ0) is 23.1. The molecule has 1 amide bonds. The molecule has 0 radical (unpaired) electrons. The quantitative estimate of drug-likeness (QED) is 0.458. The molecule has 0 fully saturated rings. The number of benzene rings is 2. The number of nitrogens with one attached hydrogen (secondary N) is 2. The topological polar surface area (TPSA) is 78.5 Å². The third-order valence-electron chi connectivity index (χ3n) is 5.25. The summed E-state index contributed by atoms with van der Waals surface area (Å²) >= 11 is 1.12. The minimum atomic E-state index is -3.81. The average molecular weight is 472 g/mol. The summed E-state index contributed by atoms with van der Waals surface area (Å²) in [5.74, 6) is -0.396. The van der Waals surface area contributed by atoms with E-state index >= 15 is 0 Å². The zero-order valence-corrected chi connectivity index (χ0v) is 20.2. The summed E-state index contributed by atoms with van der Waals surface area (Å²) in [6.07, 6.45) is 0.244. The van der Waals surface area contributed by atoms with Gasteiger partial charge in [-0.3, -0.25) is 4.79 Å². The van der Waals surface area contributed by atoms with Crippen molar-refractivity contribution in [1.82, 2.24) is 4.72 Å². The van der Waals surface area contributed by atoms with Crippen LogP contribution in [0.1, 0.15) is 25.0 Å². The lowest BCUT2D eigenvalue weighted by Crippen LogP contribution is -2.45. The van der Waals surface area contributed by atoms with Crippen molar-refractivity contribution in [2.45, 2.75) is 37.4 Å². The molecule has 32 heavy (non-hydrogen) atoms. The molecule has 0 saturated heterocycles. The summed E-state index contributed by atoms with van der Waals surface area (Å²) in [7, 11) is -3.81. The van der Waals surface area contributed by atoms with Gasteiger partial charge in [-0.1, -0.05) is 36.4 Å². The van der Waals surface area contributed by atoms with Gasteiger partial charge in [0.2, 0.25) is 5.91 Å². The Balaban J connectivity index is 1.83. The monoisotopic (exact) mass is 471 g/mol. The Morgan fingerprint density at radius 2 is 1.75 bits per heavy atom. The fourth-order valence-corrected chi connectivity index (χ4v) is 5.70. The third-order valence-corrected chi connectivity index (χ3v) is 8.12. The molecule has 6 nitrogen and oxygen atoms in total. The van der Waals surface area contributed by atoms with E-state index in [9.17, 15) is 13.2 Å². The average Bonchev–Trinajstić information content (AvgIpc) is 3.33. The fraction of sp³-hybridized carbons (Fsp3) is 0.292. The predicted octanol–water partition coefficient (Wildman–Crippen LogP) is 4.43. The van der Waals surface area contributed by atoms with Crippen LogP contribution in [0.4, 0.5) is 11.4 Å². The first-order valence-electron chi connectivity index (χ1n) is 10.6. The van der Waals surface area contributed by atoms with Crippen LogP contribution in [0, 0.1) is 6.92 Å². The van der Waals surface area contributed by atoms with Crippen molar-refractivity contribution in [3.63, 3.8) is 0 Å². The first-order chi connectivity index (χ1) is 15.3. The molecule has 0 saturated carbocycles. The molecule has 3 aromatic rings. The van der Waals surface area contributed by atoms with Crippen LogP contribution in [0.2, 0.25) is 0 Å². The highest BCUT2D eigenvalue weighted by Crippen LogP contribution is 2.23. The van der Waals surface area contributed by atoms with Gasteiger partial charge in [0.25, 0.3) is 10.0 Å². The third kappa shape index (κ3) is 5.97. The van der Waals surface area contributed by atoms with Gasteiger partial charge in [0.05, 0.1) is 0 Å². The molecular formula is C24H29N3O3S2. The standard InChI is InChI=1S/C24H29N3O3S2/c1-4-27(5-2)20-13-14-21(18(3)16-20)25-24(28)22(17-19-10-7-6-8-11-19)26-32(29,30)23-12-9-15-31-23/h6-16,22,26H,4-5,17H2,1-3H3,(H,25,28). The van der Waals surface area contributed by atoms with Gasteiger partial charge in [0.1, 0.15) is 10.3 Å². The summed E-state index contributed by atoms with van der Waals surface area (Å²) < 4.78 is 28.4. The number of hydrogen-bond donors (Lipinski definition) is 2. The molecule has 1 atom stereocenters. The van der Waals surface area contributed by atoms with E-state index in [1.807, 2.05) is 55.5 Å². The lowest BCUT2D eigenvalue weighted by atomic mass is 10.1. The lowest BCUT2D eigenvalue weighted by molar-refractivity contribution is -0.117. The van der Waals surface area contributed by atoms with Gasteiger partial charge in [-0.2, -0.15) is 4.72 Å². The highest BCUT2D eigenvalue weighted by atomic mass is 32.2. The minimum absolute atomic E-state index is 0.183. The maximum absolute atomic E-state index is 13.2. The summed E-state index contributed by atoms with van der Waals surface area (Å²) in [6, 6.07) is 17.5. The van der Waals surface area contributed by atoms with Crippen molar-refractivity contribution >= 4 is 38.6 Å². The van der Waals surface area contributed by atoms with Gasteiger partial charge >= 0.3 is 0 Å². The number of anilines is 2. The highest BCUT2D eigenvalue weighted by Gasteiger charge is 2.27. The molecule has 0 aliphatic carbocycles. The van der Waals surface area contributed by atoms with Gasteiger partial charge in [-0.25, -0.2) is 8.42 Å². The maximum atomic E-state index is 13.2. The van der Waals surface area contributed by atoms with Crippen LogP contribution in [0.3, 0.4) is 0 Å². The normalized spacial score (nSPS) is 12.3. The van der Waals surface area contributed by atoms with Crippen molar-refractivity contribution in [2.24, 2.45) is 0 Å². The highest BCUT2D eigenvalue weighted by molar-refractivity contribution is 7.91. The van der Waals surface area contributed by atoms with E-state index < -0.39 is 22.0 Å². The van der Waals surface area contributed by atoms with Crippen molar-refractivity contribution in [3.8, 4) is 0 Å². The summed E-state index contributed by atoms with van der Waals surface area (Å²) in [6.45, 7) is 7.92. The lowest BCUT2D eigenvalue weighted by Gasteiger charge is -2.23. The Bertz CT molecular complexity index is 1130. The van der Waals surface area contributed by atoms with Crippen molar-refractivity contribution in [1.29, 1.82) is 0 Å². The van der Waals surface area contributed by atoms with Crippen LogP contribution in [-0.4, -0.2) is 33.5 Å². The van der Waals surface area contributed by atoms with Crippen LogP contribution >= 0.6 is 11.3 Å². The molecule has 0 bridgehead atoms. The van der Waals surface area contributed by atoms with E-state index in [0.29, 0.717) is 5.69 Å². The Hall–Kier alpha value is -2.68. The van der Waals surface area contributed by atoms with Crippen molar-refractivity contribution < 1.29 is 13.2 Å². The van der Waals surface area contributed by atoms with E-state index in [4.69, 9.17) is 0 Å². The number of aryl methyl sites for hydroxylation is 1. The molecule has 1 aromatic heterocycles. The molecular weight excluding hydrogens is 442 g/mol. The Morgan fingerprint density at radius 1 is 1.03 bits per heavy atom. The molecule has 0 spiro atoms. The number of nitrogens with zero attached hydrogens (tertiary/aromatic N) is 1. The van der Waals surface area contributed by atoms with Gasteiger partial charge in [-0.05, 0) is 68.0 Å². The summed E-state index contributed by atoms with van der Waals surface area (Å²) in [4.78, 5) is 15.4. The van der Waals surface area contributed by atoms with E-state index in [2.05, 4.69) is 28.8 Å². The summed E-state index contributed by atoms with van der Waals surface area (Å²) in [5, 5.41) is 4.62. The first kappa shape index (κ1) is 24.0. The molecule has 1 heterocycles. The molecule has 8 heteroatoms. The van der Waals surface area contributed by atoms with Crippen molar-refractivity contribution in [3.05, 3.63) is 77.2 Å². The molecule has 3 rings (SSSR count). The van der Waals surface area contributed by atoms with Crippen LogP contribution < -0.4 is 14.9 Å². The summed E-state index contributed by atoms with van der Waals surface area (Å²) in [5.41, 5.74) is 3.54. The molecule has 0 aliphatic rings. The minimum Gasteiger partial charge on any atom is -0.372 e. The second-order valence-electron chi connectivity index (χ2n) is 7.46. The van der Waals surface area contributed by atoms with Crippen molar-refractivity contribution in [2.75, 3.05) is 23.3 Å². The van der Waals surface area contributed by atoms with E-state index in [1.54, 1.807) is 11.4 Å². The van der Waals surface area contributed by atoms with Crippen LogP contribution in [-0.2, 0) is 21.2 Å². The van der Waals surface area contributed by atoms with Crippen LogP contribution in [0.25, 0.3) is 0 Å². The number of amides is 1. The largest absolute Gasteiger partial charge is 0.372 e. The smallest absolute Gasteiger partial charge is 0.250 e. The fourth-order valence-electron chi connectivity index (χ4n) is 3.49. The number of hydrogen-bond acceptors (Lipinski definition) is 5. The predicted molar refractivity (Wildman–Crippen MR) is 132 cm³/mol. The second kappa shape index (κ2) is 10.8. The Labute approximate surface area is 194 Å². The molecule has 0 aliphatic heterocycles. The number of carbonyl (C=O) groups is 1. The van der Waals surface area contributed by atoms with E-state index in [-0.39, 0.29) is 10.6 Å². The maximum Gasteiger partial charge on any atom is 0.250 e. The number of thiophene rings is 1. The SMILES string of the molecule is CCN(CC)c1ccc(NC(=O)C(Cc2ccccc2)NS(=O)(=O)c2cccs2)c(C)c1. The Morgan fingerprint density at radius 3 is 2.34 bits per heavy atom. The van der Waals surface area contributed by atoms with Gasteiger partial charge in [-0.15, -0.1) is 11.3 Å². The van der Waals surface area contributed by atoms with Gasteiger partial charge in [0, 0.05) is 24.5 Å². The van der Waals surface area contributed by atoms with E-state index in [1.165, 1.54) is 6.07 Å². The van der Waals surface area contributed by atoms with Crippen LogP contribution in [0.5, 0.6) is 0 Å². The number of rotatable bonds is 10. The Kier molecular flexibility index (Phi) is 8.06. The number of carbonyl (C=O) groups excluding carboxylic acids is 1. The van der Waals surface area contributed by atoms with Gasteiger partial charge in [0.15, 0.2) is 0 Å². The van der Waals surface area contributed by atoms with Gasteiger partial charge < -0.3 is 10.2 Å². The molecule has 1 unspecified atom stereocenters. The first-order valence-corrected chi connectivity index (χ1v) is 13.0. The van der Waals surface area contributed by atoms with E-state index in [0.717, 1.165) is 41.2 Å². The molecule has 170 valence electrons.